The minimum absolute atomic E-state index is 0.0594. The van der Waals surface area contributed by atoms with Gasteiger partial charge in [0.2, 0.25) is 5.91 Å². The Morgan fingerprint density at radius 1 is 1.35 bits per heavy atom. The number of carboxylic acid groups (broad SMARTS) is 1. The molecule has 0 aliphatic heterocycles. The van der Waals surface area contributed by atoms with Crippen LogP contribution in [0.4, 0.5) is 5.69 Å². The molecule has 0 aliphatic carbocycles. The van der Waals surface area contributed by atoms with E-state index >= 15 is 0 Å². The van der Waals surface area contributed by atoms with Gasteiger partial charge in [0.15, 0.2) is 0 Å². The maximum absolute atomic E-state index is 11.4. The maximum Gasteiger partial charge on any atom is 0.320 e. The molecule has 0 aliphatic rings. The summed E-state index contributed by atoms with van der Waals surface area (Å²) in [6.07, 6.45) is 0. The van der Waals surface area contributed by atoms with Gasteiger partial charge < -0.3 is 10.4 Å². The fourth-order valence-corrected chi connectivity index (χ4v) is 1.20. The van der Waals surface area contributed by atoms with Crippen LogP contribution in [-0.2, 0) is 9.59 Å². The highest BCUT2D eigenvalue weighted by atomic mass is 35.5. The minimum Gasteiger partial charge on any atom is -0.480 e. The highest BCUT2D eigenvalue weighted by Crippen LogP contribution is 2.12. The van der Waals surface area contributed by atoms with E-state index in [1.54, 1.807) is 24.3 Å². The number of carbonyl (C=O) groups excluding carboxylic acids is 1. The standard InChI is InChI=1S/C11H13ClN2O3/c1-7(11(16)17)13-6-10(15)14-9-4-2-8(12)3-5-9/h2-5,7,13H,6H2,1H3,(H,14,15)(H,16,17). The fourth-order valence-electron chi connectivity index (χ4n) is 1.07. The summed E-state index contributed by atoms with van der Waals surface area (Å²) in [5.74, 6) is -1.30. The maximum atomic E-state index is 11.4. The number of halogens is 1. The summed E-state index contributed by atoms with van der Waals surface area (Å²) in [6.45, 7) is 1.41. The average molecular weight is 257 g/mol. The SMILES string of the molecule is CC(NCC(=O)Nc1ccc(Cl)cc1)C(=O)O. The predicted molar refractivity (Wildman–Crippen MR) is 65.2 cm³/mol. The second kappa shape index (κ2) is 6.22. The molecule has 1 unspecified atom stereocenters. The zero-order valence-electron chi connectivity index (χ0n) is 9.24. The van der Waals surface area contributed by atoms with Crippen LogP contribution in [-0.4, -0.2) is 29.6 Å². The van der Waals surface area contributed by atoms with E-state index in [0.717, 1.165) is 0 Å². The van der Waals surface area contributed by atoms with Gasteiger partial charge in [0.25, 0.3) is 0 Å². The third-order valence-electron chi connectivity index (χ3n) is 2.07. The molecule has 1 rings (SSSR count). The van der Waals surface area contributed by atoms with Crippen molar-refractivity contribution in [1.82, 2.24) is 5.32 Å². The van der Waals surface area contributed by atoms with E-state index in [0.29, 0.717) is 10.7 Å². The number of hydrogen-bond donors (Lipinski definition) is 3. The molecule has 0 bridgehead atoms. The van der Waals surface area contributed by atoms with Crippen LogP contribution < -0.4 is 10.6 Å². The van der Waals surface area contributed by atoms with Crippen molar-refractivity contribution in [3.63, 3.8) is 0 Å². The molecule has 1 atom stereocenters. The molecule has 0 fully saturated rings. The Kier molecular flexibility index (Phi) is 4.93. The first-order valence-electron chi connectivity index (χ1n) is 5.00. The van der Waals surface area contributed by atoms with E-state index in [1.807, 2.05) is 0 Å². The number of amides is 1. The van der Waals surface area contributed by atoms with Crippen molar-refractivity contribution in [2.45, 2.75) is 13.0 Å². The van der Waals surface area contributed by atoms with Gasteiger partial charge in [-0.05, 0) is 31.2 Å². The number of aliphatic carboxylic acids is 1. The monoisotopic (exact) mass is 256 g/mol. The van der Waals surface area contributed by atoms with Gasteiger partial charge in [0, 0.05) is 10.7 Å². The highest BCUT2D eigenvalue weighted by molar-refractivity contribution is 6.30. The molecule has 6 heteroatoms. The van der Waals surface area contributed by atoms with Crippen LogP contribution in [0.2, 0.25) is 5.02 Å². The lowest BCUT2D eigenvalue weighted by Gasteiger charge is -2.09. The summed E-state index contributed by atoms with van der Waals surface area (Å²) >= 11 is 5.70. The van der Waals surface area contributed by atoms with Gasteiger partial charge in [-0.25, -0.2) is 0 Å². The van der Waals surface area contributed by atoms with Crippen molar-refractivity contribution in [2.24, 2.45) is 0 Å². The predicted octanol–water partition coefficient (Wildman–Crippen LogP) is 1.34. The Morgan fingerprint density at radius 2 is 1.94 bits per heavy atom. The Balaban J connectivity index is 2.39. The third kappa shape index (κ3) is 4.84. The van der Waals surface area contributed by atoms with Crippen molar-refractivity contribution in [2.75, 3.05) is 11.9 Å². The summed E-state index contributed by atoms with van der Waals surface area (Å²) in [5, 5.41) is 14.4. The molecular weight excluding hydrogens is 244 g/mol. The zero-order valence-corrected chi connectivity index (χ0v) is 9.99. The summed E-state index contributed by atoms with van der Waals surface area (Å²) in [7, 11) is 0. The molecule has 1 aromatic carbocycles. The van der Waals surface area contributed by atoms with Crippen LogP contribution in [0.5, 0.6) is 0 Å². The van der Waals surface area contributed by atoms with Gasteiger partial charge in [-0.3, -0.25) is 14.9 Å². The van der Waals surface area contributed by atoms with Crippen LogP contribution in [0, 0.1) is 0 Å². The second-order valence-corrected chi connectivity index (χ2v) is 3.93. The summed E-state index contributed by atoms with van der Waals surface area (Å²) in [6, 6.07) is 5.89. The largest absolute Gasteiger partial charge is 0.480 e. The van der Waals surface area contributed by atoms with Gasteiger partial charge in [0.1, 0.15) is 6.04 Å². The van der Waals surface area contributed by atoms with Crippen molar-refractivity contribution in [3.05, 3.63) is 29.3 Å². The van der Waals surface area contributed by atoms with Crippen molar-refractivity contribution in [3.8, 4) is 0 Å². The number of benzene rings is 1. The van der Waals surface area contributed by atoms with E-state index in [4.69, 9.17) is 16.7 Å². The first-order valence-corrected chi connectivity index (χ1v) is 5.38. The van der Waals surface area contributed by atoms with E-state index in [1.165, 1.54) is 6.92 Å². The molecule has 5 nitrogen and oxygen atoms in total. The molecular formula is C11H13ClN2O3. The van der Waals surface area contributed by atoms with Gasteiger partial charge in [-0.2, -0.15) is 0 Å². The summed E-state index contributed by atoms with van der Waals surface area (Å²) in [4.78, 5) is 21.9. The number of hydrogen-bond acceptors (Lipinski definition) is 3. The van der Waals surface area contributed by atoms with Gasteiger partial charge in [0.05, 0.1) is 6.54 Å². The molecule has 0 aromatic heterocycles. The fraction of sp³-hybridized carbons (Fsp3) is 0.273. The Hall–Kier alpha value is -1.59. The minimum atomic E-state index is -0.996. The van der Waals surface area contributed by atoms with Gasteiger partial charge in [-0.1, -0.05) is 11.6 Å². The lowest BCUT2D eigenvalue weighted by atomic mass is 10.3. The molecule has 0 saturated heterocycles. The smallest absolute Gasteiger partial charge is 0.320 e. The highest BCUT2D eigenvalue weighted by Gasteiger charge is 2.11. The molecule has 1 aromatic rings. The van der Waals surface area contributed by atoms with E-state index in [2.05, 4.69) is 10.6 Å². The molecule has 1 amide bonds. The second-order valence-electron chi connectivity index (χ2n) is 3.50. The molecule has 17 heavy (non-hydrogen) atoms. The summed E-state index contributed by atoms with van der Waals surface area (Å²) in [5.41, 5.74) is 0.615. The quantitative estimate of drug-likeness (QED) is 0.743. The average Bonchev–Trinajstić information content (AvgIpc) is 2.29. The molecule has 92 valence electrons. The number of anilines is 1. The Bertz CT molecular complexity index is 406. The number of rotatable bonds is 5. The number of nitrogens with one attached hydrogen (secondary N) is 2. The van der Waals surface area contributed by atoms with Crippen LogP contribution in [0.15, 0.2) is 24.3 Å². The van der Waals surface area contributed by atoms with Crippen LogP contribution in [0.1, 0.15) is 6.92 Å². The Morgan fingerprint density at radius 3 is 2.47 bits per heavy atom. The lowest BCUT2D eigenvalue weighted by molar-refractivity contribution is -0.139. The third-order valence-corrected chi connectivity index (χ3v) is 2.32. The van der Waals surface area contributed by atoms with E-state index in [-0.39, 0.29) is 12.5 Å². The van der Waals surface area contributed by atoms with Crippen molar-refractivity contribution < 1.29 is 14.7 Å². The van der Waals surface area contributed by atoms with E-state index < -0.39 is 12.0 Å². The number of carboxylic acids is 1. The van der Waals surface area contributed by atoms with Gasteiger partial charge >= 0.3 is 5.97 Å². The lowest BCUT2D eigenvalue weighted by Crippen LogP contribution is -2.39. The molecule has 0 spiro atoms. The molecule has 0 radical (unpaired) electrons. The van der Waals surface area contributed by atoms with Crippen LogP contribution >= 0.6 is 11.6 Å². The normalized spacial score (nSPS) is 11.9. The molecule has 0 heterocycles. The first-order chi connectivity index (χ1) is 7.99. The van der Waals surface area contributed by atoms with Crippen molar-refractivity contribution in [1.29, 1.82) is 0 Å². The molecule has 0 saturated carbocycles. The van der Waals surface area contributed by atoms with Gasteiger partial charge in [-0.15, -0.1) is 0 Å². The van der Waals surface area contributed by atoms with Crippen LogP contribution in [0.25, 0.3) is 0 Å². The van der Waals surface area contributed by atoms with E-state index in [9.17, 15) is 9.59 Å². The molecule has 3 N–H and O–H groups in total. The number of carbonyl (C=O) groups is 2. The van der Waals surface area contributed by atoms with Crippen molar-refractivity contribution >= 4 is 29.2 Å². The first kappa shape index (κ1) is 13.5. The zero-order chi connectivity index (χ0) is 12.8. The topological polar surface area (TPSA) is 78.4 Å². The Labute approximate surface area is 104 Å². The van der Waals surface area contributed by atoms with Crippen LogP contribution in [0.3, 0.4) is 0 Å². The summed E-state index contributed by atoms with van der Waals surface area (Å²) < 4.78 is 0.